The Hall–Kier alpha value is -2.50. The molecule has 0 bridgehead atoms. The number of aliphatic hydroxyl groups is 4. The van der Waals surface area contributed by atoms with E-state index in [9.17, 15) is 54.9 Å². The molecule has 0 spiro atoms. The molecule has 2 aliphatic heterocycles. The first-order valence-corrected chi connectivity index (χ1v) is 20.6. The largest absolute Gasteiger partial charge is 0.481 e. The number of carbonyl (C=O) groups excluding carboxylic acids is 1. The maximum absolute atomic E-state index is 14.8. The van der Waals surface area contributed by atoms with E-state index in [0.29, 0.717) is 25.7 Å². The molecule has 0 radical (unpaired) electrons. The van der Waals surface area contributed by atoms with E-state index in [0.717, 1.165) is 37.7 Å². The van der Waals surface area contributed by atoms with Gasteiger partial charge in [0.1, 0.15) is 24.4 Å². The Bertz CT molecular complexity index is 1700. The van der Waals surface area contributed by atoms with Crippen LogP contribution in [0.5, 0.6) is 0 Å². The van der Waals surface area contributed by atoms with Gasteiger partial charge in [-0.2, -0.15) is 0 Å². The Morgan fingerprint density at radius 1 is 0.754 bits per heavy atom. The zero-order chi connectivity index (χ0) is 42.0. The van der Waals surface area contributed by atoms with Crippen LogP contribution in [0.2, 0.25) is 0 Å². The van der Waals surface area contributed by atoms with Crippen LogP contribution in [0.25, 0.3) is 0 Å². The third-order valence-electron chi connectivity index (χ3n) is 17.1. The Morgan fingerprint density at radius 2 is 1.39 bits per heavy atom. The molecule has 0 aromatic heterocycles. The minimum Gasteiger partial charge on any atom is -0.481 e. The number of ether oxygens (including phenoxy) is 4. The van der Waals surface area contributed by atoms with Crippen LogP contribution >= 0.6 is 0 Å². The van der Waals surface area contributed by atoms with Crippen molar-refractivity contribution in [3.05, 3.63) is 11.6 Å². The Balaban J connectivity index is 1.17. The monoisotopic (exact) mass is 806 g/mol. The first-order valence-electron chi connectivity index (χ1n) is 20.6. The number of carboxylic acid groups (broad SMARTS) is 3. The van der Waals surface area contributed by atoms with E-state index >= 15 is 0 Å². The number of hydrogen-bond acceptors (Lipinski definition) is 12. The quantitative estimate of drug-likeness (QED) is 0.183. The fraction of sp³-hybridized carbons (Fsp3) is 0.857. The van der Waals surface area contributed by atoms with Gasteiger partial charge in [0.2, 0.25) is 0 Å². The maximum Gasteiger partial charge on any atom is 0.335 e. The fourth-order valence-electron chi connectivity index (χ4n) is 13.4. The number of allylic oxidation sites excluding steroid dienone is 2. The van der Waals surface area contributed by atoms with Crippen molar-refractivity contribution in [1.29, 1.82) is 0 Å². The van der Waals surface area contributed by atoms with Gasteiger partial charge in [0.25, 0.3) is 0 Å². The Morgan fingerprint density at radius 3 is 2.02 bits per heavy atom. The zero-order valence-electron chi connectivity index (χ0n) is 34.1. The van der Waals surface area contributed by atoms with Crippen molar-refractivity contribution >= 4 is 23.7 Å². The average Bonchev–Trinajstić information content (AvgIpc) is 3.11. The lowest BCUT2D eigenvalue weighted by Crippen LogP contribution is -2.67. The molecular weight excluding hydrogens is 744 g/mol. The second-order valence-corrected chi connectivity index (χ2v) is 20.5. The average molecular weight is 807 g/mol. The van der Waals surface area contributed by atoms with Gasteiger partial charge in [-0.15, -0.1) is 0 Å². The molecule has 15 nitrogen and oxygen atoms in total. The summed E-state index contributed by atoms with van der Waals surface area (Å²) in [7, 11) is 0. The molecule has 3 unspecified atom stereocenters. The molecule has 6 fully saturated rings. The summed E-state index contributed by atoms with van der Waals surface area (Å²) in [5.41, 5.74) is -1.62. The smallest absolute Gasteiger partial charge is 0.335 e. The van der Waals surface area contributed by atoms with E-state index in [4.69, 9.17) is 18.9 Å². The predicted octanol–water partition coefficient (Wildman–Crippen LogP) is 3.27. The van der Waals surface area contributed by atoms with Crippen LogP contribution in [0.15, 0.2) is 11.6 Å². The van der Waals surface area contributed by atoms with E-state index in [-0.39, 0.29) is 34.4 Å². The molecule has 0 aromatic carbocycles. The molecule has 18 atom stereocenters. The predicted molar refractivity (Wildman–Crippen MR) is 198 cm³/mol. The summed E-state index contributed by atoms with van der Waals surface area (Å²) in [6, 6.07) is 0. The number of aliphatic carboxylic acids is 3. The summed E-state index contributed by atoms with van der Waals surface area (Å²) >= 11 is 0. The molecule has 4 saturated carbocycles. The molecule has 7 rings (SSSR count). The van der Waals surface area contributed by atoms with Gasteiger partial charge < -0.3 is 54.7 Å². The lowest BCUT2D eigenvalue weighted by Gasteiger charge is -2.70. The lowest BCUT2D eigenvalue weighted by atomic mass is 9.33. The van der Waals surface area contributed by atoms with Gasteiger partial charge in [-0.05, 0) is 110 Å². The summed E-state index contributed by atoms with van der Waals surface area (Å²) in [5.74, 6) is -4.18. The number of fused-ring (bicyclic) bond motifs is 7. The highest BCUT2D eigenvalue weighted by Crippen LogP contribution is 2.75. The molecule has 15 heteroatoms. The highest BCUT2D eigenvalue weighted by atomic mass is 16.8. The minimum atomic E-state index is -1.96. The van der Waals surface area contributed by atoms with Gasteiger partial charge in [-0.25, -0.2) is 9.59 Å². The van der Waals surface area contributed by atoms with Crippen molar-refractivity contribution in [1.82, 2.24) is 0 Å². The third-order valence-corrected chi connectivity index (χ3v) is 17.1. The topological polar surface area (TPSA) is 247 Å². The first kappa shape index (κ1) is 42.6. The van der Waals surface area contributed by atoms with Gasteiger partial charge in [0.15, 0.2) is 30.6 Å². The molecule has 2 saturated heterocycles. The highest BCUT2D eigenvalue weighted by Gasteiger charge is 2.71. The number of aliphatic hydroxyl groups excluding tert-OH is 4. The molecule has 57 heavy (non-hydrogen) atoms. The second kappa shape index (κ2) is 14.0. The van der Waals surface area contributed by atoms with Crippen molar-refractivity contribution in [3.63, 3.8) is 0 Å². The lowest BCUT2D eigenvalue weighted by molar-refractivity contribution is -0.358. The van der Waals surface area contributed by atoms with Crippen LogP contribution in [0, 0.1) is 50.2 Å². The molecular formula is C42H62O15. The van der Waals surface area contributed by atoms with Crippen molar-refractivity contribution in [2.75, 3.05) is 0 Å². The first-order chi connectivity index (χ1) is 26.3. The summed E-state index contributed by atoms with van der Waals surface area (Å²) in [6.45, 7) is 15.0. The molecule has 5 aliphatic carbocycles. The summed E-state index contributed by atoms with van der Waals surface area (Å²) in [6.07, 6.45) is -8.31. The van der Waals surface area contributed by atoms with Crippen molar-refractivity contribution in [3.8, 4) is 0 Å². The van der Waals surface area contributed by atoms with Gasteiger partial charge in [-0.3, -0.25) is 9.59 Å². The zero-order valence-corrected chi connectivity index (χ0v) is 34.1. The van der Waals surface area contributed by atoms with Gasteiger partial charge in [-0.1, -0.05) is 47.1 Å². The molecule has 0 amide bonds. The summed E-state index contributed by atoms with van der Waals surface area (Å²) < 4.78 is 23.7. The van der Waals surface area contributed by atoms with Crippen molar-refractivity contribution < 1.29 is 73.9 Å². The van der Waals surface area contributed by atoms with Crippen LogP contribution in [0.3, 0.4) is 0 Å². The summed E-state index contributed by atoms with van der Waals surface area (Å²) in [5, 5.41) is 72.3. The molecule has 2 heterocycles. The maximum atomic E-state index is 14.8. The SMILES string of the molecule is CC1(C)C(O[C@H]2O[C@H](C(=O)O)[C@@H](O)[C@H](O)[C@H]2O[C@H]2C[C@@H](O)[C@H](O)[C@@H](C(=O)O)O2)CC[C@@]2(C)C1CC[C@]1(C)C2C(=O)C=C2[C@@H]3C[C@@](C)(C(=O)O)CC[C@]3(C)CC[C@]21C. The number of ketones is 1. The van der Waals surface area contributed by atoms with Crippen molar-refractivity contribution in [2.24, 2.45) is 50.2 Å². The van der Waals surface area contributed by atoms with Crippen LogP contribution in [-0.4, -0.2) is 121 Å². The highest BCUT2D eigenvalue weighted by molar-refractivity contribution is 5.95. The summed E-state index contributed by atoms with van der Waals surface area (Å²) in [4.78, 5) is 51.3. The van der Waals surface area contributed by atoms with E-state index < -0.39 is 107 Å². The molecule has 320 valence electrons. The van der Waals surface area contributed by atoms with E-state index in [1.165, 1.54) is 0 Å². The standard InChI is InChI=1S/C42H62O15/c1-37(2)23-8-11-42(7)32(22(44)16-19-20-18-39(4,36(52)53)13-12-38(20,3)14-15-41(19,42)6)40(23,5)10-9-24(37)54-35-31(28(47)27(46)30(57-35)34(50)51)56-25-17-21(43)26(45)29(55-25)33(48)49/h16,20-21,23-32,35,43,45-47H,8-15,17-18H2,1-7H3,(H,48,49)(H,50,51)(H,52,53)/t20-,21+,23?,24?,25-,26-,27-,28-,29-,30-,31+,32?,35-,38+,39-,40-,41+,42+/m0/s1. The van der Waals surface area contributed by atoms with E-state index in [1.54, 1.807) is 0 Å². The fourth-order valence-corrected chi connectivity index (χ4v) is 13.4. The molecule has 7 aliphatic rings. The molecule has 7 N–H and O–H groups in total. The Kier molecular flexibility index (Phi) is 10.5. The van der Waals surface area contributed by atoms with Gasteiger partial charge >= 0.3 is 17.9 Å². The van der Waals surface area contributed by atoms with Crippen LogP contribution < -0.4 is 0 Å². The van der Waals surface area contributed by atoms with Crippen LogP contribution in [-0.2, 0) is 38.1 Å². The van der Waals surface area contributed by atoms with Crippen LogP contribution in [0.1, 0.15) is 113 Å². The van der Waals surface area contributed by atoms with Crippen molar-refractivity contribution in [2.45, 2.75) is 174 Å². The number of carboxylic acids is 3. The van der Waals surface area contributed by atoms with E-state index in [2.05, 4.69) is 41.5 Å². The van der Waals surface area contributed by atoms with Gasteiger partial charge in [0, 0.05) is 12.3 Å². The number of rotatable bonds is 7. The number of hydrogen-bond donors (Lipinski definition) is 7. The second-order valence-electron chi connectivity index (χ2n) is 20.5. The van der Waals surface area contributed by atoms with Crippen LogP contribution in [0.4, 0.5) is 0 Å². The minimum absolute atomic E-state index is 0.00422. The van der Waals surface area contributed by atoms with E-state index in [1.807, 2.05) is 13.0 Å². The molecule has 0 aromatic rings. The Labute approximate surface area is 333 Å². The van der Waals surface area contributed by atoms with Gasteiger partial charge in [0.05, 0.1) is 17.6 Å². The normalized spacial score (nSPS) is 51.9. The number of carbonyl (C=O) groups is 4. The third kappa shape index (κ3) is 6.35.